The number of imide groups is 1. The van der Waals surface area contributed by atoms with Crippen LogP contribution in [0, 0.1) is 29.4 Å². The largest absolute Gasteiger partial charge is 0.508 e. The Bertz CT molecular complexity index is 3190. The van der Waals surface area contributed by atoms with Gasteiger partial charge in [0, 0.05) is 104 Å². The quantitative estimate of drug-likeness (QED) is 0.0918. The van der Waals surface area contributed by atoms with Gasteiger partial charge in [-0.2, -0.15) is 9.97 Å². The number of halogens is 2. The number of piperidine rings is 1. The zero-order valence-electron chi connectivity index (χ0n) is 38.7. The molecule has 12 rings (SSSR count). The van der Waals surface area contributed by atoms with Gasteiger partial charge in [-0.05, 0) is 97.6 Å². The first-order chi connectivity index (χ1) is 33.9. The van der Waals surface area contributed by atoms with Crippen LogP contribution in [0.25, 0.3) is 32.9 Å². The third-order valence-corrected chi connectivity index (χ3v) is 15.3. The van der Waals surface area contributed by atoms with E-state index in [9.17, 15) is 19.5 Å². The van der Waals surface area contributed by atoms with Crippen molar-refractivity contribution in [3.05, 3.63) is 112 Å². The number of piperazine rings is 1. The second-order valence-electron chi connectivity index (χ2n) is 20.3. The molecule has 2 aromatic heterocycles. The molecule has 3 amide bonds. The van der Waals surface area contributed by atoms with Gasteiger partial charge in [0.2, 0.25) is 11.8 Å². The van der Waals surface area contributed by atoms with Gasteiger partial charge in [-0.25, -0.2) is 8.78 Å². The van der Waals surface area contributed by atoms with Crippen molar-refractivity contribution < 1.29 is 33.0 Å². The Morgan fingerprint density at radius 2 is 1.71 bits per heavy atom. The molecular formula is C54H51F2N9O5. The van der Waals surface area contributed by atoms with Gasteiger partial charge in [0.1, 0.15) is 34.6 Å². The number of phenols is 1. The summed E-state index contributed by atoms with van der Waals surface area (Å²) in [4.78, 5) is 59.9. The standard InChI is InChI=1S/C54H51F2N9O5/c1-3-39-43(55)13-8-32-19-38(66)20-41(46(32)39)48-47(56)49-42(21-57-48)50(64-26-35-9-10-36(27-64)58-35)61-53(60-49)70-29-54(16-17-54)28-62(2)22-30-4-6-31(7-5-30)34-23-63(24-34)37-11-12-40-33(18-37)25-65(52(40)69)44-14-15-45(67)59-51(44)68/h1,4-8,11-13,18-21,34-36,44,58,66H,9-10,14-17,22-29H2,2H3,(H,59,67,68)/t35-,36+,44?. The first kappa shape index (κ1) is 44.0. The lowest BCUT2D eigenvalue weighted by Gasteiger charge is -2.41. The van der Waals surface area contributed by atoms with Gasteiger partial charge in [0.15, 0.2) is 5.82 Å². The molecule has 7 heterocycles. The van der Waals surface area contributed by atoms with Crippen LogP contribution in [0.1, 0.15) is 77.1 Å². The van der Waals surface area contributed by atoms with Crippen molar-refractivity contribution in [2.45, 2.75) is 75.7 Å². The summed E-state index contributed by atoms with van der Waals surface area (Å²) in [7, 11) is 2.11. The minimum absolute atomic E-state index is 0.0204. The SMILES string of the molecule is C#Cc1c(F)ccc2cc(O)cc(-c3ncc4c(N5C[C@H]6CC[C@@H](C5)N6)nc(OCC5(CN(C)Cc6ccc(C7CN(c8ccc9c(c8)CN(C8CCC(=O)NC8=O)C9=O)C7)cc6)CC5)nc4c3F)c12. The van der Waals surface area contributed by atoms with E-state index in [-0.39, 0.29) is 75.2 Å². The monoisotopic (exact) mass is 943 g/mol. The van der Waals surface area contributed by atoms with Crippen LogP contribution in [0.15, 0.2) is 72.9 Å². The molecule has 4 saturated heterocycles. The van der Waals surface area contributed by atoms with E-state index in [4.69, 9.17) is 16.1 Å². The van der Waals surface area contributed by atoms with Crippen LogP contribution >= 0.6 is 0 Å². The molecule has 5 fully saturated rings. The average Bonchev–Trinajstić information content (AvgIpc) is 3.90. The normalized spacial score (nSPS) is 21.6. The number of aromatic hydroxyl groups is 1. The Morgan fingerprint density at radius 1 is 0.929 bits per heavy atom. The van der Waals surface area contributed by atoms with E-state index in [0.717, 1.165) is 63.1 Å². The van der Waals surface area contributed by atoms with Crippen LogP contribution in [0.3, 0.4) is 0 Å². The number of pyridine rings is 1. The van der Waals surface area contributed by atoms with Gasteiger partial charge in [-0.15, -0.1) is 6.42 Å². The fourth-order valence-corrected chi connectivity index (χ4v) is 11.5. The first-order valence-electron chi connectivity index (χ1n) is 24.1. The summed E-state index contributed by atoms with van der Waals surface area (Å²) in [5.74, 6) is 0.942. The Labute approximate surface area is 403 Å². The van der Waals surface area contributed by atoms with E-state index >= 15 is 8.78 Å². The second-order valence-corrected chi connectivity index (χ2v) is 20.3. The molecule has 0 spiro atoms. The summed E-state index contributed by atoms with van der Waals surface area (Å²) in [6.45, 7) is 5.35. The Hall–Kier alpha value is -7.22. The summed E-state index contributed by atoms with van der Waals surface area (Å²) in [5, 5.41) is 17.9. The van der Waals surface area contributed by atoms with E-state index in [1.54, 1.807) is 11.1 Å². The number of ether oxygens (including phenoxy) is 1. The van der Waals surface area contributed by atoms with Gasteiger partial charge in [0.05, 0.1) is 17.6 Å². The minimum Gasteiger partial charge on any atom is -0.508 e. The Kier molecular flexibility index (Phi) is 10.7. The summed E-state index contributed by atoms with van der Waals surface area (Å²) < 4.78 is 38.6. The van der Waals surface area contributed by atoms with Crippen LogP contribution in [0.4, 0.5) is 20.3 Å². The van der Waals surface area contributed by atoms with E-state index in [1.807, 2.05) is 12.1 Å². The van der Waals surface area contributed by atoms with Crippen LogP contribution in [-0.4, -0.2) is 112 Å². The zero-order valence-corrected chi connectivity index (χ0v) is 38.7. The minimum atomic E-state index is -0.746. The highest BCUT2D eigenvalue weighted by atomic mass is 19.1. The number of amides is 3. The van der Waals surface area contributed by atoms with E-state index in [1.165, 1.54) is 35.4 Å². The molecule has 3 atom stereocenters. The molecule has 356 valence electrons. The van der Waals surface area contributed by atoms with E-state index < -0.39 is 23.6 Å². The number of nitrogens with one attached hydrogen (secondary N) is 2. The van der Waals surface area contributed by atoms with E-state index in [0.29, 0.717) is 60.7 Å². The molecule has 2 bridgehead atoms. The number of phenolic OH excluding ortho intramolecular Hbond substituents is 1. The molecule has 16 heteroatoms. The number of anilines is 2. The number of aromatic nitrogens is 3. The summed E-state index contributed by atoms with van der Waals surface area (Å²) in [6, 6.07) is 20.3. The number of hydrogen-bond donors (Lipinski definition) is 3. The lowest BCUT2D eigenvalue weighted by atomic mass is 9.90. The van der Waals surface area contributed by atoms with Crippen molar-refractivity contribution in [2.24, 2.45) is 5.41 Å². The highest BCUT2D eigenvalue weighted by Gasteiger charge is 2.45. The number of nitrogens with zero attached hydrogens (tertiary/aromatic N) is 7. The van der Waals surface area contributed by atoms with Gasteiger partial charge in [-0.1, -0.05) is 36.3 Å². The number of benzene rings is 4. The van der Waals surface area contributed by atoms with E-state index in [2.05, 4.69) is 78.6 Å². The fraction of sp³-hybridized carbons (Fsp3) is 0.370. The Balaban J connectivity index is 0.713. The van der Waals surface area contributed by atoms with Gasteiger partial charge >= 0.3 is 6.01 Å². The molecule has 1 unspecified atom stereocenters. The number of terminal acetylenes is 1. The van der Waals surface area contributed by atoms with Gasteiger partial charge < -0.3 is 34.8 Å². The molecular weight excluding hydrogens is 893 g/mol. The number of hydrogen-bond acceptors (Lipinski definition) is 12. The molecule has 0 radical (unpaired) electrons. The van der Waals surface area contributed by atoms with Crippen molar-refractivity contribution >= 4 is 50.9 Å². The van der Waals surface area contributed by atoms with Crippen molar-refractivity contribution in [3.8, 4) is 35.4 Å². The fourth-order valence-electron chi connectivity index (χ4n) is 11.5. The highest BCUT2D eigenvalue weighted by molar-refractivity contribution is 6.06. The number of fused-ring (bicyclic) bond motifs is 5. The lowest BCUT2D eigenvalue weighted by molar-refractivity contribution is -0.136. The molecule has 14 nitrogen and oxygen atoms in total. The number of carbonyl (C=O) groups is 3. The lowest BCUT2D eigenvalue weighted by Crippen LogP contribution is -2.52. The highest BCUT2D eigenvalue weighted by Crippen LogP contribution is 2.47. The van der Waals surface area contributed by atoms with Crippen molar-refractivity contribution in [2.75, 3.05) is 56.2 Å². The third-order valence-electron chi connectivity index (χ3n) is 15.3. The van der Waals surface area contributed by atoms with Crippen molar-refractivity contribution in [1.82, 2.24) is 35.4 Å². The van der Waals surface area contributed by atoms with Crippen LogP contribution in [0.2, 0.25) is 0 Å². The predicted octanol–water partition coefficient (Wildman–Crippen LogP) is 6.41. The molecule has 4 aromatic carbocycles. The molecule has 5 aliphatic heterocycles. The summed E-state index contributed by atoms with van der Waals surface area (Å²) in [5.41, 5.74) is 4.94. The first-order valence-corrected chi connectivity index (χ1v) is 24.1. The molecule has 70 heavy (non-hydrogen) atoms. The second kappa shape index (κ2) is 17.0. The smallest absolute Gasteiger partial charge is 0.319 e. The molecule has 6 aromatic rings. The maximum absolute atomic E-state index is 17.1. The van der Waals surface area contributed by atoms with Crippen LogP contribution in [-0.2, 0) is 22.7 Å². The zero-order chi connectivity index (χ0) is 48.0. The predicted molar refractivity (Wildman–Crippen MR) is 259 cm³/mol. The van der Waals surface area contributed by atoms with Crippen LogP contribution < -0.4 is 25.2 Å². The molecule has 1 saturated carbocycles. The summed E-state index contributed by atoms with van der Waals surface area (Å²) >= 11 is 0. The Morgan fingerprint density at radius 3 is 2.46 bits per heavy atom. The number of carbonyl (C=O) groups excluding carboxylic acids is 3. The van der Waals surface area contributed by atoms with Gasteiger partial charge in [-0.3, -0.25) is 24.7 Å². The maximum atomic E-state index is 17.1. The molecule has 1 aliphatic carbocycles. The van der Waals surface area contributed by atoms with Crippen molar-refractivity contribution in [1.29, 1.82) is 0 Å². The molecule has 6 aliphatic rings. The average molecular weight is 944 g/mol. The van der Waals surface area contributed by atoms with Gasteiger partial charge in [0.25, 0.3) is 5.91 Å². The summed E-state index contributed by atoms with van der Waals surface area (Å²) in [6.07, 6.45) is 11.9. The van der Waals surface area contributed by atoms with Crippen molar-refractivity contribution in [3.63, 3.8) is 0 Å². The van der Waals surface area contributed by atoms with Crippen LogP contribution in [0.5, 0.6) is 11.8 Å². The number of rotatable bonds is 12. The maximum Gasteiger partial charge on any atom is 0.319 e. The third kappa shape index (κ3) is 7.90. The molecule has 3 N–H and O–H groups in total. The topological polar surface area (TPSA) is 156 Å².